The Hall–Kier alpha value is -2.66. The topological polar surface area (TPSA) is 59.2 Å². The van der Waals surface area contributed by atoms with Crippen LogP contribution in [-0.2, 0) is 17.8 Å². The van der Waals surface area contributed by atoms with Crippen molar-refractivity contribution in [2.24, 2.45) is 0 Å². The number of aromatic nitrogens is 2. The van der Waals surface area contributed by atoms with Gasteiger partial charge in [-0.2, -0.15) is 4.98 Å². The van der Waals surface area contributed by atoms with Crippen LogP contribution in [0.1, 0.15) is 56.0 Å². The Kier molecular flexibility index (Phi) is 6.18. The van der Waals surface area contributed by atoms with Gasteiger partial charge in [0.2, 0.25) is 17.6 Å². The molecule has 0 aliphatic heterocycles. The standard InChI is InChI=1S/C24H26ClN3O2/c1-16(2)18-5-3-17(4-6-18)15-28(21-11-12-21)23(29)14-13-22-26-24(27-30-22)19-7-9-20(25)10-8-19/h3-10,16,21H,11-15H2,1-2H3. The van der Waals surface area contributed by atoms with E-state index in [0.717, 1.165) is 18.4 Å². The number of carbonyl (C=O) groups excluding carboxylic acids is 1. The lowest BCUT2D eigenvalue weighted by Gasteiger charge is -2.22. The average molecular weight is 424 g/mol. The Morgan fingerprint density at radius 3 is 2.47 bits per heavy atom. The van der Waals surface area contributed by atoms with Gasteiger partial charge in [0.05, 0.1) is 0 Å². The Balaban J connectivity index is 1.36. The fourth-order valence-electron chi connectivity index (χ4n) is 3.44. The van der Waals surface area contributed by atoms with E-state index >= 15 is 0 Å². The fourth-order valence-corrected chi connectivity index (χ4v) is 3.57. The second-order valence-corrected chi connectivity index (χ2v) is 8.60. The van der Waals surface area contributed by atoms with Crippen molar-refractivity contribution in [2.45, 2.75) is 58.0 Å². The first kappa shape index (κ1) is 20.6. The van der Waals surface area contributed by atoms with Crippen molar-refractivity contribution in [3.05, 3.63) is 70.6 Å². The van der Waals surface area contributed by atoms with Crippen LogP contribution in [0.2, 0.25) is 5.02 Å². The van der Waals surface area contributed by atoms with Gasteiger partial charge in [-0.1, -0.05) is 54.9 Å². The van der Waals surface area contributed by atoms with Crippen LogP contribution >= 0.6 is 11.6 Å². The zero-order valence-corrected chi connectivity index (χ0v) is 18.1. The van der Waals surface area contributed by atoms with Crippen LogP contribution in [0.5, 0.6) is 0 Å². The van der Waals surface area contributed by atoms with E-state index in [-0.39, 0.29) is 5.91 Å². The highest BCUT2D eigenvalue weighted by Gasteiger charge is 2.32. The van der Waals surface area contributed by atoms with Crippen molar-refractivity contribution in [3.8, 4) is 11.4 Å². The summed E-state index contributed by atoms with van der Waals surface area (Å²) in [4.78, 5) is 19.3. The molecule has 1 aromatic heterocycles. The molecule has 1 fully saturated rings. The first-order valence-electron chi connectivity index (χ1n) is 10.5. The lowest BCUT2D eigenvalue weighted by Crippen LogP contribution is -2.32. The zero-order chi connectivity index (χ0) is 21.1. The van der Waals surface area contributed by atoms with Crippen molar-refractivity contribution in [3.63, 3.8) is 0 Å². The first-order chi connectivity index (χ1) is 14.5. The van der Waals surface area contributed by atoms with Crippen LogP contribution in [0.3, 0.4) is 0 Å². The lowest BCUT2D eigenvalue weighted by molar-refractivity contribution is -0.132. The predicted octanol–water partition coefficient (Wildman–Crippen LogP) is 5.64. The normalized spacial score (nSPS) is 13.6. The first-order valence-corrected chi connectivity index (χ1v) is 10.8. The molecule has 5 nitrogen and oxygen atoms in total. The molecule has 1 amide bonds. The zero-order valence-electron chi connectivity index (χ0n) is 17.3. The molecule has 0 saturated heterocycles. The minimum Gasteiger partial charge on any atom is -0.339 e. The second kappa shape index (κ2) is 9.00. The molecule has 1 saturated carbocycles. The fraction of sp³-hybridized carbons (Fsp3) is 0.375. The number of hydrogen-bond acceptors (Lipinski definition) is 4. The van der Waals surface area contributed by atoms with Gasteiger partial charge >= 0.3 is 0 Å². The van der Waals surface area contributed by atoms with Crippen LogP contribution in [0.25, 0.3) is 11.4 Å². The van der Waals surface area contributed by atoms with Gasteiger partial charge in [0, 0.05) is 36.0 Å². The smallest absolute Gasteiger partial charge is 0.227 e. The number of rotatable bonds is 8. The van der Waals surface area contributed by atoms with E-state index < -0.39 is 0 Å². The van der Waals surface area contributed by atoms with E-state index in [4.69, 9.17) is 16.1 Å². The summed E-state index contributed by atoms with van der Waals surface area (Å²) in [5, 5.41) is 4.68. The van der Waals surface area contributed by atoms with E-state index in [0.29, 0.717) is 48.1 Å². The SMILES string of the molecule is CC(C)c1ccc(CN(C(=O)CCc2nc(-c3ccc(Cl)cc3)no2)C2CC2)cc1. The molecule has 1 aliphatic rings. The maximum absolute atomic E-state index is 12.9. The number of amides is 1. The van der Waals surface area contributed by atoms with Crippen LogP contribution < -0.4 is 0 Å². The highest BCUT2D eigenvalue weighted by atomic mass is 35.5. The number of carbonyl (C=O) groups is 1. The monoisotopic (exact) mass is 423 g/mol. The molecule has 0 atom stereocenters. The minimum absolute atomic E-state index is 0.136. The molecule has 0 bridgehead atoms. The predicted molar refractivity (Wildman–Crippen MR) is 117 cm³/mol. The van der Waals surface area contributed by atoms with Crippen LogP contribution in [0, 0.1) is 0 Å². The maximum atomic E-state index is 12.9. The van der Waals surface area contributed by atoms with Crippen LogP contribution in [0.15, 0.2) is 53.1 Å². The molecular formula is C24H26ClN3O2. The molecule has 0 N–H and O–H groups in total. The highest BCUT2D eigenvalue weighted by molar-refractivity contribution is 6.30. The van der Waals surface area contributed by atoms with Gasteiger partial charge in [0.25, 0.3) is 0 Å². The van der Waals surface area contributed by atoms with E-state index in [1.54, 1.807) is 12.1 Å². The third-order valence-electron chi connectivity index (χ3n) is 5.43. The Morgan fingerprint density at radius 2 is 1.83 bits per heavy atom. The number of nitrogens with zero attached hydrogens (tertiary/aromatic N) is 3. The Morgan fingerprint density at radius 1 is 1.13 bits per heavy atom. The van der Waals surface area contributed by atoms with Crippen molar-refractivity contribution < 1.29 is 9.32 Å². The molecule has 1 aliphatic carbocycles. The Bertz CT molecular complexity index is 992. The Labute approximate surface area is 182 Å². The van der Waals surface area contributed by atoms with Crippen molar-refractivity contribution >= 4 is 17.5 Å². The lowest BCUT2D eigenvalue weighted by atomic mass is 10.0. The summed E-state index contributed by atoms with van der Waals surface area (Å²) in [6.07, 6.45) is 2.96. The van der Waals surface area contributed by atoms with Gasteiger partial charge < -0.3 is 9.42 Å². The molecule has 0 spiro atoms. The molecule has 156 valence electrons. The third kappa shape index (κ3) is 5.08. The number of halogens is 1. The molecule has 4 rings (SSSR count). The molecular weight excluding hydrogens is 398 g/mol. The van der Waals surface area contributed by atoms with Gasteiger partial charge in [-0.15, -0.1) is 0 Å². The van der Waals surface area contributed by atoms with Gasteiger partial charge in [0.1, 0.15) is 0 Å². The van der Waals surface area contributed by atoms with Gasteiger partial charge in [-0.3, -0.25) is 4.79 Å². The molecule has 2 aromatic carbocycles. The molecule has 3 aromatic rings. The summed E-state index contributed by atoms with van der Waals surface area (Å²) in [6, 6.07) is 16.2. The van der Waals surface area contributed by atoms with Crippen LogP contribution in [-0.4, -0.2) is 27.0 Å². The molecule has 6 heteroatoms. The summed E-state index contributed by atoms with van der Waals surface area (Å²) in [6.45, 7) is 5.03. The summed E-state index contributed by atoms with van der Waals surface area (Å²) < 4.78 is 5.34. The largest absolute Gasteiger partial charge is 0.339 e. The van der Waals surface area contributed by atoms with E-state index in [1.165, 1.54) is 11.1 Å². The molecule has 30 heavy (non-hydrogen) atoms. The molecule has 0 unspecified atom stereocenters. The molecule has 0 radical (unpaired) electrons. The summed E-state index contributed by atoms with van der Waals surface area (Å²) >= 11 is 5.92. The minimum atomic E-state index is 0.136. The summed E-state index contributed by atoms with van der Waals surface area (Å²) in [5.41, 5.74) is 3.32. The van der Waals surface area contributed by atoms with E-state index in [2.05, 4.69) is 48.3 Å². The highest BCUT2D eigenvalue weighted by Crippen LogP contribution is 2.29. The third-order valence-corrected chi connectivity index (χ3v) is 5.68. The van der Waals surface area contributed by atoms with Gasteiger partial charge in [-0.05, 0) is 54.2 Å². The van der Waals surface area contributed by atoms with Gasteiger partial charge in [-0.25, -0.2) is 0 Å². The number of aryl methyl sites for hydroxylation is 1. The van der Waals surface area contributed by atoms with E-state index in [1.807, 2.05) is 17.0 Å². The summed E-state index contributed by atoms with van der Waals surface area (Å²) in [5.74, 6) is 1.63. The summed E-state index contributed by atoms with van der Waals surface area (Å²) in [7, 11) is 0. The second-order valence-electron chi connectivity index (χ2n) is 8.17. The van der Waals surface area contributed by atoms with E-state index in [9.17, 15) is 4.79 Å². The maximum Gasteiger partial charge on any atom is 0.227 e. The van der Waals surface area contributed by atoms with Crippen LogP contribution in [0.4, 0.5) is 0 Å². The number of hydrogen-bond donors (Lipinski definition) is 0. The van der Waals surface area contributed by atoms with Crippen molar-refractivity contribution in [1.82, 2.24) is 15.0 Å². The quantitative estimate of drug-likeness (QED) is 0.470. The van der Waals surface area contributed by atoms with Crippen molar-refractivity contribution in [1.29, 1.82) is 0 Å². The van der Waals surface area contributed by atoms with Crippen molar-refractivity contribution in [2.75, 3.05) is 0 Å². The number of benzene rings is 2. The molecule has 1 heterocycles. The van der Waals surface area contributed by atoms with Gasteiger partial charge in [0.15, 0.2) is 0 Å². The average Bonchev–Trinajstić information content (AvgIpc) is 3.48.